The summed E-state index contributed by atoms with van der Waals surface area (Å²) in [5, 5.41) is 2.96. The van der Waals surface area contributed by atoms with Gasteiger partial charge in [-0.05, 0) is 12.8 Å². The second-order valence-electron chi connectivity index (χ2n) is 5.82. The normalized spacial score (nSPS) is 29.9. The maximum Gasteiger partial charge on any atom is 0.234 e. The van der Waals surface area contributed by atoms with Gasteiger partial charge in [-0.25, -0.2) is 0 Å². The summed E-state index contributed by atoms with van der Waals surface area (Å²) in [6.07, 6.45) is 4.08. The van der Waals surface area contributed by atoms with E-state index in [0.29, 0.717) is 26.3 Å². The third-order valence-corrected chi connectivity index (χ3v) is 4.35. The molecule has 3 aliphatic heterocycles. The molecular weight excluding hydrogens is 260 g/mol. The number of nitrogens with zero attached hydrogens (tertiary/aromatic N) is 1. The van der Waals surface area contributed by atoms with Crippen molar-refractivity contribution >= 4 is 5.91 Å². The van der Waals surface area contributed by atoms with Gasteiger partial charge in [0.05, 0.1) is 25.9 Å². The molecule has 3 aliphatic rings. The summed E-state index contributed by atoms with van der Waals surface area (Å²) in [5.41, 5.74) is 0. The van der Waals surface area contributed by atoms with Crippen LogP contribution in [0.3, 0.4) is 0 Å². The fourth-order valence-electron chi connectivity index (χ4n) is 3.13. The number of likely N-dealkylation sites (tertiary alicyclic amines) is 1. The van der Waals surface area contributed by atoms with Crippen molar-refractivity contribution in [1.82, 2.24) is 10.2 Å². The molecule has 0 bridgehead atoms. The average Bonchev–Trinajstić information content (AvgIpc) is 3.12. The number of hydrogen-bond acceptors (Lipinski definition) is 5. The Bertz CT molecular complexity index is 328. The van der Waals surface area contributed by atoms with E-state index in [1.54, 1.807) is 0 Å². The van der Waals surface area contributed by atoms with Crippen LogP contribution in [-0.2, 0) is 19.0 Å². The van der Waals surface area contributed by atoms with Crippen molar-refractivity contribution in [2.24, 2.45) is 0 Å². The van der Waals surface area contributed by atoms with Gasteiger partial charge in [-0.2, -0.15) is 0 Å². The summed E-state index contributed by atoms with van der Waals surface area (Å²) in [5.74, 6) is -0.269. The molecule has 3 saturated heterocycles. The average molecular weight is 284 g/mol. The Morgan fingerprint density at radius 3 is 2.60 bits per heavy atom. The standard InChI is InChI=1S/C14H24N2O4/c17-13(15-10-12-2-1-7-18-12)11-16-5-3-14(4-6-16)19-8-9-20-14/h12H,1-11H2,(H,15,17). The lowest BCUT2D eigenvalue weighted by atomic mass is 10.0. The van der Waals surface area contributed by atoms with E-state index in [1.165, 1.54) is 0 Å². The van der Waals surface area contributed by atoms with Crippen LogP contribution in [0.25, 0.3) is 0 Å². The molecule has 0 saturated carbocycles. The van der Waals surface area contributed by atoms with Crippen LogP contribution in [-0.4, -0.2) is 68.7 Å². The molecule has 114 valence electrons. The molecule has 6 nitrogen and oxygen atoms in total. The van der Waals surface area contributed by atoms with Crippen molar-refractivity contribution in [3.8, 4) is 0 Å². The number of ether oxygens (including phenoxy) is 3. The maximum atomic E-state index is 11.9. The molecule has 1 amide bonds. The molecule has 0 aromatic rings. The van der Waals surface area contributed by atoms with Crippen LogP contribution in [0.2, 0.25) is 0 Å². The summed E-state index contributed by atoms with van der Waals surface area (Å²) in [4.78, 5) is 14.1. The van der Waals surface area contributed by atoms with Crippen molar-refractivity contribution < 1.29 is 19.0 Å². The quantitative estimate of drug-likeness (QED) is 0.794. The van der Waals surface area contributed by atoms with Crippen LogP contribution in [0.15, 0.2) is 0 Å². The first-order valence-corrected chi connectivity index (χ1v) is 7.64. The van der Waals surface area contributed by atoms with Gasteiger partial charge >= 0.3 is 0 Å². The fourth-order valence-corrected chi connectivity index (χ4v) is 3.13. The van der Waals surface area contributed by atoms with Crippen molar-refractivity contribution in [3.05, 3.63) is 0 Å². The van der Waals surface area contributed by atoms with E-state index in [-0.39, 0.29) is 17.8 Å². The second kappa shape index (κ2) is 6.39. The molecule has 6 heteroatoms. The van der Waals surface area contributed by atoms with E-state index in [4.69, 9.17) is 14.2 Å². The third-order valence-electron chi connectivity index (χ3n) is 4.35. The zero-order chi connectivity index (χ0) is 13.8. The van der Waals surface area contributed by atoms with E-state index in [2.05, 4.69) is 10.2 Å². The predicted octanol–water partition coefficient (Wildman–Crippen LogP) is 0.121. The molecule has 0 aromatic carbocycles. The lowest BCUT2D eigenvalue weighted by Gasteiger charge is -2.37. The zero-order valence-electron chi connectivity index (χ0n) is 11.9. The van der Waals surface area contributed by atoms with Gasteiger partial charge in [0.25, 0.3) is 0 Å². The topological polar surface area (TPSA) is 60.0 Å². The minimum Gasteiger partial charge on any atom is -0.376 e. The van der Waals surface area contributed by atoms with Crippen LogP contribution in [0.4, 0.5) is 0 Å². The van der Waals surface area contributed by atoms with Crippen molar-refractivity contribution in [1.29, 1.82) is 0 Å². The lowest BCUT2D eigenvalue weighted by molar-refractivity contribution is -0.185. The number of carbonyl (C=O) groups is 1. The van der Waals surface area contributed by atoms with E-state index in [1.807, 2.05) is 0 Å². The molecule has 1 atom stereocenters. The van der Waals surface area contributed by atoms with E-state index < -0.39 is 0 Å². The van der Waals surface area contributed by atoms with Crippen molar-refractivity contribution in [3.63, 3.8) is 0 Å². The SMILES string of the molecule is O=C(CN1CCC2(CC1)OCCO2)NCC1CCCO1. The Balaban J connectivity index is 1.35. The zero-order valence-corrected chi connectivity index (χ0v) is 11.9. The molecule has 3 fully saturated rings. The maximum absolute atomic E-state index is 11.9. The van der Waals surface area contributed by atoms with Crippen LogP contribution in [0, 0.1) is 0 Å². The number of amides is 1. The van der Waals surface area contributed by atoms with Gasteiger partial charge in [-0.3, -0.25) is 9.69 Å². The van der Waals surface area contributed by atoms with Crippen LogP contribution in [0.5, 0.6) is 0 Å². The highest BCUT2D eigenvalue weighted by Gasteiger charge is 2.39. The predicted molar refractivity (Wildman–Crippen MR) is 72.3 cm³/mol. The van der Waals surface area contributed by atoms with Gasteiger partial charge in [-0.1, -0.05) is 0 Å². The van der Waals surface area contributed by atoms with E-state index in [0.717, 1.165) is 45.4 Å². The number of rotatable bonds is 4. The Labute approximate surface area is 119 Å². The van der Waals surface area contributed by atoms with E-state index in [9.17, 15) is 4.79 Å². The van der Waals surface area contributed by atoms with Gasteiger partial charge in [0.2, 0.25) is 5.91 Å². The van der Waals surface area contributed by atoms with Crippen molar-refractivity contribution in [2.45, 2.75) is 37.6 Å². The molecule has 20 heavy (non-hydrogen) atoms. The summed E-state index contributed by atoms with van der Waals surface area (Å²) in [6.45, 7) is 5.03. The van der Waals surface area contributed by atoms with Gasteiger partial charge in [0.15, 0.2) is 5.79 Å². The molecule has 3 rings (SSSR count). The fraction of sp³-hybridized carbons (Fsp3) is 0.929. The monoisotopic (exact) mass is 284 g/mol. The minimum absolute atomic E-state index is 0.0877. The number of carbonyl (C=O) groups excluding carboxylic acids is 1. The molecule has 1 unspecified atom stereocenters. The molecule has 0 radical (unpaired) electrons. The Morgan fingerprint density at radius 2 is 1.95 bits per heavy atom. The molecule has 3 heterocycles. The number of piperidine rings is 1. The first-order chi connectivity index (χ1) is 9.76. The molecule has 0 aliphatic carbocycles. The van der Waals surface area contributed by atoms with Gasteiger partial charge < -0.3 is 19.5 Å². The van der Waals surface area contributed by atoms with Gasteiger partial charge in [0.1, 0.15) is 0 Å². The molecule has 1 N–H and O–H groups in total. The largest absolute Gasteiger partial charge is 0.376 e. The smallest absolute Gasteiger partial charge is 0.234 e. The summed E-state index contributed by atoms with van der Waals surface area (Å²) in [6, 6.07) is 0. The second-order valence-corrected chi connectivity index (χ2v) is 5.82. The van der Waals surface area contributed by atoms with Gasteiger partial charge in [-0.15, -0.1) is 0 Å². The molecular formula is C14H24N2O4. The third kappa shape index (κ3) is 3.49. The van der Waals surface area contributed by atoms with Crippen molar-refractivity contribution in [2.75, 3.05) is 46.0 Å². The highest BCUT2D eigenvalue weighted by molar-refractivity contribution is 5.78. The Morgan fingerprint density at radius 1 is 1.20 bits per heavy atom. The summed E-state index contributed by atoms with van der Waals surface area (Å²) < 4.78 is 16.9. The van der Waals surface area contributed by atoms with Crippen LogP contribution < -0.4 is 5.32 Å². The van der Waals surface area contributed by atoms with E-state index >= 15 is 0 Å². The Hall–Kier alpha value is -0.690. The number of nitrogens with one attached hydrogen (secondary N) is 1. The summed E-state index contributed by atoms with van der Waals surface area (Å²) in [7, 11) is 0. The minimum atomic E-state index is -0.356. The number of hydrogen-bond donors (Lipinski definition) is 1. The summed E-state index contributed by atoms with van der Waals surface area (Å²) >= 11 is 0. The van der Waals surface area contributed by atoms with Crippen LogP contribution in [0.1, 0.15) is 25.7 Å². The highest BCUT2D eigenvalue weighted by Crippen LogP contribution is 2.30. The van der Waals surface area contributed by atoms with Gasteiger partial charge in [0, 0.05) is 39.1 Å². The van der Waals surface area contributed by atoms with Crippen LogP contribution >= 0.6 is 0 Å². The first kappa shape index (κ1) is 14.3. The first-order valence-electron chi connectivity index (χ1n) is 7.64. The highest BCUT2D eigenvalue weighted by atomic mass is 16.7. The molecule has 1 spiro atoms. The lowest BCUT2D eigenvalue weighted by Crippen LogP contribution is -2.48. The molecule has 0 aromatic heterocycles. The Kier molecular flexibility index (Phi) is 4.55.